The van der Waals surface area contributed by atoms with Gasteiger partial charge in [-0.2, -0.15) is 0 Å². The summed E-state index contributed by atoms with van der Waals surface area (Å²) in [6.45, 7) is 2.62. The topological polar surface area (TPSA) is 58.2 Å². The van der Waals surface area contributed by atoms with E-state index >= 15 is 0 Å². The van der Waals surface area contributed by atoms with Crippen molar-refractivity contribution in [3.63, 3.8) is 0 Å². The third-order valence-corrected chi connectivity index (χ3v) is 4.35. The molecule has 0 spiro atoms. The van der Waals surface area contributed by atoms with Gasteiger partial charge in [0, 0.05) is 30.1 Å². The Bertz CT molecular complexity index is 712. The number of aryl methyl sites for hydroxylation is 2. The third-order valence-electron chi connectivity index (χ3n) is 4.10. The fourth-order valence-electron chi connectivity index (χ4n) is 2.52. The Hall–Kier alpha value is -2.33. The first-order valence-corrected chi connectivity index (χ1v) is 9.34. The van der Waals surface area contributed by atoms with Crippen LogP contribution in [0.2, 0.25) is 5.02 Å². The third kappa shape index (κ3) is 7.28. The van der Waals surface area contributed by atoms with Crippen molar-refractivity contribution in [3.05, 3.63) is 64.7 Å². The average molecular weight is 373 g/mol. The monoisotopic (exact) mass is 372 g/mol. The molecule has 0 bridgehead atoms. The molecule has 0 aliphatic heterocycles. The maximum absolute atomic E-state index is 11.9. The highest BCUT2D eigenvalue weighted by atomic mass is 35.5. The molecule has 5 heteroatoms. The van der Waals surface area contributed by atoms with Crippen molar-refractivity contribution in [2.45, 2.75) is 39.0 Å². The zero-order chi connectivity index (χ0) is 18.8. The highest BCUT2D eigenvalue weighted by Gasteiger charge is 2.05. The maximum Gasteiger partial charge on any atom is 0.224 e. The van der Waals surface area contributed by atoms with Crippen LogP contribution in [0, 0.1) is 0 Å². The molecular formula is C21H25ClN2O2. The summed E-state index contributed by atoms with van der Waals surface area (Å²) in [4.78, 5) is 23.7. The van der Waals surface area contributed by atoms with Gasteiger partial charge in [-0.15, -0.1) is 0 Å². The molecule has 0 radical (unpaired) electrons. The van der Waals surface area contributed by atoms with Crippen molar-refractivity contribution in [2.24, 2.45) is 0 Å². The molecule has 0 saturated carbocycles. The lowest BCUT2D eigenvalue weighted by Gasteiger charge is -2.07. The van der Waals surface area contributed by atoms with E-state index < -0.39 is 0 Å². The van der Waals surface area contributed by atoms with Gasteiger partial charge in [0.15, 0.2) is 0 Å². The number of amides is 2. The molecule has 0 aliphatic carbocycles. The van der Waals surface area contributed by atoms with E-state index in [-0.39, 0.29) is 11.8 Å². The van der Waals surface area contributed by atoms with Crippen LogP contribution in [-0.2, 0) is 22.4 Å². The number of hydrogen-bond acceptors (Lipinski definition) is 2. The lowest BCUT2D eigenvalue weighted by atomic mass is 10.1. The van der Waals surface area contributed by atoms with Gasteiger partial charge in [0.2, 0.25) is 11.8 Å². The molecule has 0 heterocycles. The Morgan fingerprint density at radius 2 is 1.54 bits per heavy atom. The zero-order valence-electron chi connectivity index (χ0n) is 15.1. The molecule has 26 heavy (non-hydrogen) atoms. The van der Waals surface area contributed by atoms with Crippen LogP contribution in [0.25, 0.3) is 0 Å². The van der Waals surface area contributed by atoms with E-state index in [0.29, 0.717) is 30.8 Å². The second-order valence-electron chi connectivity index (χ2n) is 6.18. The van der Waals surface area contributed by atoms with Gasteiger partial charge < -0.3 is 10.6 Å². The van der Waals surface area contributed by atoms with E-state index in [4.69, 9.17) is 11.6 Å². The van der Waals surface area contributed by atoms with Crippen LogP contribution in [0.5, 0.6) is 0 Å². The minimum atomic E-state index is -0.0717. The first-order chi connectivity index (χ1) is 12.6. The van der Waals surface area contributed by atoms with Crippen LogP contribution >= 0.6 is 11.6 Å². The molecule has 0 saturated heterocycles. The van der Waals surface area contributed by atoms with Crippen LogP contribution in [-0.4, -0.2) is 18.4 Å². The summed E-state index contributed by atoms with van der Waals surface area (Å²) < 4.78 is 0. The number of carbonyl (C=O) groups is 2. The van der Waals surface area contributed by atoms with Gasteiger partial charge >= 0.3 is 0 Å². The first-order valence-electron chi connectivity index (χ1n) is 8.96. The fourth-order valence-corrected chi connectivity index (χ4v) is 2.65. The molecule has 2 N–H and O–H groups in total. The molecule has 0 unspecified atom stereocenters. The molecule has 0 fully saturated rings. The van der Waals surface area contributed by atoms with Gasteiger partial charge in [-0.3, -0.25) is 9.59 Å². The standard InChI is InChI=1S/C21H25ClN2O2/c1-2-16-5-7-17(8-6-16)9-14-20(25)23-15-3-4-21(26)24-19-12-10-18(22)11-13-19/h5-8,10-13H,2-4,9,14-15H2,1H3,(H,23,25)(H,24,26). The van der Waals surface area contributed by atoms with Gasteiger partial charge in [-0.05, 0) is 54.7 Å². The molecule has 0 atom stereocenters. The lowest BCUT2D eigenvalue weighted by molar-refractivity contribution is -0.121. The number of anilines is 1. The number of hydrogen-bond donors (Lipinski definition) is 2. The smallest absolute Gasteiger partial charge is 0.224 e. The van der Waals surface area contributed by atoms with Gasteiger partial charge in [0.25, 0.3) is 0 Å². The summed E-state index contributed by atoms with van der Waals surface area (Å²) in [7, 11) is 0. The normalized spacial score (nSPS) is 10.4. The molecular weight excluding hydrogens is 348 g/mol. The van der Waals surface area contributed by atoms with Gasteiger partial charge in [-0.1, -0.05) is 42.8 Å². The van der Waals surface area contributed by atoms with Crippen LogP contribution < -0.4 is 10.6 Å². The highest BCUT2D eigenvalue weighted by molar-refractivity contribution is 6.30. The minimum absolute atomic E-state index is 0.0164. The zero-order valence-corrected chi connectivity index (χ0v) is 15.8. The molecule has 4 nitrogen and oxygen atoms in total. The molecule has 2 aromatic carbocycles. The fraction of sp³-hybridized carbons (Fsp3) is 0.333. The van der Waals surface area contributed by atoms with Crippen molar-refractivity contribution < 1.29 is 9.59 Å². The maximum atomic E-state index is 11.9. The minimum Gasteiger partial charge on any atom is -0.356 e. The summed E-state index contributed by atoms with van der Waals surface area (Å²) >= 11 is 5.81. The molecule has 2 rings (SSSR count). The quantitative estimate of drug-likeness (QED) is 0.642. The van der Waals surface area contributed by atoms with Crippen LogP contribution in [0.4, 0.5) is 5.69 Å². The Morgan fingerprint density at radius 1 is 0.885 bits per heavy atom. The molecule has 0 aromatic heterocycles. The molecule has 2 aromatic rings. The van der Waals surface area contributed by atoms with Gasteiger partial charge in [0.1, 0.15) is 0 Å². The summed E-state index contributed by atoms with van der Waals surface area (Å²) in [5, 5.41) is 6.30. The molecule has 0 aliphatic rings. The summed E-state index contributed by atoms with van der Waals surface area (Å²) in [6.07, 6.45) is 3.18. The Morgan fingerprint density at radius 3 is 2.19 bits per heavy atom. The van der Waals surface area contributed by atoms with Crippen molar-refractivity contribution >= 4 is 29.1 Å². The van der Waals surface area contributed by atoms with E-state index in [9.17, 15) is 9.59 Å². The largest absolute Gasteiger partial charge is 0.356 e. The second kappa shape index (κ2) is 10.6. The SMILES string of the molecule is CCc1ccc(CCC(=O)NCCCC(=O)Nc2ccc(Cl)cc2)cc1. The first kappa shape index (κ1) is 20.0. The summed E-state index contributed by atoms with van der Waals surface area (Å²) in [6, 6.07) is 15.3. The van der Waals surface area contributed by atoms with E-state index in [0.717, 1.165) is 18.5 Å². The summed E-state index contributed by atoms with van der Waals surface area (Å²) in [5.74, 6) is -0.0553. The van der Waals surface area contributed by atoms with Crippen molar-refractivity contribution in [3.8, 4) is 0 Å². The van der Waals surface area contributed by atoms with E-state index in [1.165, 1.54) is 11.1 Å². The Labute approximate surface area is 159 Å². The van der Waals surface area contributed by atoms with Crippen molar-refractivity contribution in [1.82, 2.24) is 5.32 Å². The highest BCUT2D eigenvalue weighted by Crippen LogP contribution is 2.13. The van der Waals surface area contributed by atoms with Crippen LogP contribution in [0.15, 0.2) is 48.5 Å². The van der Waals surface area contributed by atoms with Gasteiger partial charge in [-0.25, -0.2) is 0 Å². The lowest BCUT2D eigenvalue weighted by Crippen LogP contribution is -2.25. The molecule has 2 amide bonds. The van der Waals surface area contributed by atoms with Crippen LogP contribution in [0.3, 0.4) is 0 Å². The number of benzene rings is 2. The number of halogens is 1. The van der Waals surface area contributed by atoms with Crippen molar-refractivity contribution in [2.75, 3.05) is 11.9 Å². The average Bonchev–Trinajstić information content (AvgIpc) is 2.66. The number of rotatable bonds is 9. The predicted octanol–water partition coefficient (Wildman–Crippen LogP) is 4.37. The van der Waals surface area contributed by atoms with E-state index in [1.54, 1.807) is 24.3 Å². The van der Waals surface area contributed by atoms with Crippen LogP contribution in [0.1, 0.15) is 37.3 Å². The van der Waals surface area contributed by atoms with E-state index in [1.807, 2.05) is 0 Å². The Balaban J connectivity index is 1.58. The summed E-state index contributed by atoms with van der Waals surface area (Å²) in [5.41, 5.74) is 3.19. The number of carbonyl (C=O) groups excluding carboxylic acids is 2. The molecule has 138 valence electrons. The predicted molar refractivity (Wildman–Crippen MR) is 106 cm³/mol. The van der Waals surface area contributed by atoms with Gasteiger partial charge in [0.05, 0.1) is 0 Å². The van der Waals surface area contributed by atoms with Crippen molar-refractivity contribution in [1.29, 1.82) is 0 Å². The number of nitrogens with one attached hydrogen (secondary N) is 2. The van der Waals surface area contributed by atoms with E-state index in [2.05, 4.69) is 41.8 Å². The second-order valence-corrected chi connectivity index (χ2v) is 6.62. The Kier molecular flexibility index (Phi) is 8.16.